The van der Waals surface area contributed by atoms with Crippen molar-refractivity contribution in [3.8, 4) is 21.8 Å². The second kappa shape index (κ2) is 5.66. The van der Waals surface area contributed by atoms with Gasteiger partial charge < -0.3 is 0 Å². The summed E-state index contributed by atoms with van der Waals surface area (Å²) in [5, 5.41) is 0.612. The van der Waals surface area contributed by atoms with Crippen LogP contribution in [0.4, 0.5) is 8.78 Å². The highest BCUT2D eigenvalue weighted by atomic mass is 79.9. The molecule has 0 unspecified atom stereocenters. The molecular weight excluding hydrogens is 356 g/mol. The lowest BCUT2D eigenvalue weighted by atomic mass is 10.1. The van der Waals surface area contributed by atoms with E-state index in [0.717, 1.165) is 26.7 Å². The van der Waals surface area contributed by atoms with Gasteiger partial charge in [-0.05, 0) is 31.2 Å². The minimum atomic E-state index is -0.596. The Hall–Kier alpha value is -1.59. The van der Waals surface area contributed by atoms with Gasteiger partial charge in [-0.2, -0.15) is 0 Å². The normalized spacial score (nSPS) is 10.9. The van der Waals surface area contributed by atoms with Crippen LogP contribution in [0.15, 0.2) is 46.9 Å². The molecule has 1 heterocycles. The van der Waals surface area contributed by atoms with Crippen LogP contribution < -0.4 is 0 Å². The SMILES string of the molecule is Cc1sc(-c2cc(F)cc(F)c2)nc1-c1cccc(Br)c1. The van der Waals surface area contributed by atoms with Gasteiger partial charge in [-0.3, -0.25) is 0 Å². The predicted molar refractivity (Wildman–Crippen MR) is 85.3 cm³/mol. The van der Waals surface area contributed by atoms with Gasteiger partial charge in [0, 0.05) is 26.5 Å². The zero-order valence-corrected chi connectivity index (χ0v) is 13.4. The van der Waals surface area contributed by atoms with Crippen LogP contribution in [-0.2, 0) is 0 Å². The molecule has 0 aliphatic heterocycles. The van der Waals surface area contributed by atoms with E-state index in [1.807, 2.05) is 31.2 Å². The number of thiazole rings is 1. The fraction of sp³-hybridized carbons (Fsp3) is 0.0625. The molecule has 0 aliphatic carbocycles. The summed E-state index contributed by atoms with van der Waals surface area (Å²) in [6.07, 6.45) is 0. The second-order valence-corrected chi connectivity index (χ2v) is 6.71. The maximum absolute atomic E-state index is 13.3. The third-order valence-electron chi connectivity index (χ3n) is 3.00. The van der Waals surface area contributed by atoms with Crippen LogP contribution in [0.25, 0.3) is 21.8 Å². The standard InChI is InChI=1S/C16H10BrF2NS/c1-9-15(10-3-2-4-12(17)5-10)20-16(21-9)11-6-13(18)8-14(19)7-11/h2-8H,1H3. The van der Waals surface area contributed by atoms with E-state index in [1.54, 1.807) is 0 Å². The monoisotopic (exact) mass is 365 g/mol. The Labute approximate surface area is 133 Å². The van der Waals surface area contributed by atoms with Gasteiger partial charge in [-0.15, -0.1) is 11.3 Å². The first-order chi connectivity index (χ1) is 10.0. The van der Waals surface area contributed by atoms with Crippen LogP contribution in [0.3, 0.4) is 0 Å². The van der Waals surface area contributed by atoms with Crippen LogP contribution >= 0.6 is 27.3 Å². The van der Waals surface area contributed by atoms with Gasteiger partial charge in [0.2, 0.25) is 0 Å². The van der Waals surface area contributed by atoms with Crippen molar-refractivity contribution in [1.82, 2.24) is 4.98 Å². The second-order valence-electron chi connectivity index (χ2n) is 4.59. The largest absolute Gasteiger partial charge is 0.236 e. The Morgan fingerprint density at radius 3 is 2.38 bits per heavy atom. The molecule has 0 amide bonds. The van der Waals surface area contributed by atoms with Crippen LogP contribution in [0.2, 0.25) is 0 Å². The number of hydrogen-bond acceptors (Lipinski definition) is 2. The Kier molecular flexibility index (Phi) is 3.87. The van der Waals surface area contributed by atoms with Crippen molar-refractivity contribution >= 4 is 27.3 Å². The molecule has 1 nitrogen and oxygen atoms in total. The predicted octanol–water partition coefficient (Wildman–Crippen LogP) is 5.83. The smallest absolute Gasteiger partial charge is 0.126 e. The summed E-state index contributed by atoms with van der Waals surface area (Å²) in [4.78, 5) is 5.55. The molecular formula is C16H10BrF2NS. The van der Waals surface area contributed by atoms with Crippen molar-refractivity contribution in [2.45, 2.75) is 6.92 Å². The fourth-order valence-electron chi connectivity index (χ4n) is 2.10. The third-order valence-corrected chi connectivity index (χ3v) is 4.52. The molecule has 5 heteroatoms. The Bertz CT molecular complexity index is 794. The number of rotatable bonds is 2. The van der Waals surface area contributed by atoms with E-state index < -0.39 is 11.6 Å². The van der Waals surface area contributed by atoms with Gasteiger partial charge in [0.15, 0.2) is 0 Å². The first-order valence-electron chi connectivity index (χ1n) is 6.23. The quantitative estimate of drug-likeness (QED) is 0.556. The molecule has 0 fully saturated rings. The lowest BCUT2D eigenvalue weighted by Gasteiger charge is -1.99. The maximum atomic E-state index is 13.3. The first-order valence-corrected chi connectivity index (χ1v) is 7.84. The van der Waals surface area contributed by atoms with Gasteiger partial charge in [-0.1, -0.05) is 28.1 Å². The molecule has 0 spiro atoms. The van der Waals surface area contributed by atoms with E-state index in [9.17, 15) is 8.78 Å². The fourth-order valence-corrected chi connectivity index (χ4v) is 3.42. The minimum absolute atomic E-state index is 0.460. The van der Waals surface area contributed by atoms with Crippen molar-refractivity contribution in [2.75, 3.05) is 0 Å². The van der Waals surface area contributed by atoms with Crippen LogP contribution in [0.5, 0.6) is 0 Å². The molecule has 0 saturated carbocycles. The van der Waals surface area contributed by atoms with E-state index >= 15 is 0 Å². The van der Waals surface area contributed by atoms with Crippen molar-refractivity contribution in [2.24, 2.45) is 0 Å². The van der Waals surface area contributed by atoms with Crippen LogP contribution in [0.1, 0.15) is 4.88 Å². The molecule has 0 saturated heterocycles. The highest BCUT2D eigenvalue weighted by molar-refractivity contribution is 9.10. The molecule has 3 aromatic rings. The molecule has 3 rings (SSSR count). The van der Waals surface area contributed by atoms with E-state index in [0.29, 0.717) is 10.6 Å². The minimum Gasteiger partial charge on any atom is -0.236 e. The molecule has 0 atom stereocenters. The number of hydrogen-bond donors (Lipinski definition) is 0. The molecule has 21 heavy (non-hydrogen) atoms. The van der Waals surface area contributed by atoms with E-state index in [2.05, 4.69) is 20.9 Å². The topological polar surface area (TPSA) is 12.9 Å². The molecule has 0 radical (unpaired) electrons. The van der Waals surface area contributed by atoms with Crippen molar-refractivity contribution < 1.29 is 8.78 Å². The molecule has 0 N–H and O–H groups in total. The lowest BCUT2D eigenvalue weighted by molar-refractivity contribution is 0.584. The van der Waals surface area contributed by atoms with E-state index in [4.69, 9.17) is 0 Å². The van der Waals surface area contributed by atoms with Crippen molar-refractivity contribution in [3.05, 3.63) is 63.4 Å². The number of aryl methyl sites for hydroxylation is 1. The van der Waals surface area contributed by atoms with Crippen LogP contribution in [-0.4, -0.2) is 4.98 Å². The summed E-state index contributed by atoms with van der Waals surface area (Å²) in [6.45, 7) is 1.95. The third kappa shape index (κ3) is 3.04. The maximum Gasteiger partial charge on any atom is 0.126 e. The average molecular weight is 366 g/mol. The van der Waals surface area contributed by atoms with Gasteiger partial charge in [0.05, 0.1) is 5.69 Å². The average Bonchev–Trinajstić information content (AvgIpc) is 2.80. The molecule has 1 aromatic heterocycles. The summed E-state index contributed by atoms with van der Waals surface area (Å²) < 4.78 is 27.6. The van der Waals surface area contributed by atoms with Crippen LogP contribution in [0, 0.1) is 18.6 Å². The first kappa shape index (κ1) is 14.4. The summed E-state index contributed by atoms with van der Waals surface area (Å²) >= 11 is 4.86. The molecule has 0 bridgehead atoms. The highest BCUT2D eigenvalue weighted by Crippen LogP contribution is 2.34. The summed E-state index contributed by atoms with van der Waals surface area (Å²) in [5.74, 6) is -1.19. The Morgan fingerprint density at radius 2 is 1.71 bits per heavy atom. The molecule has 0 aliphatic rings. The van der Waals surface area contributed by atoms with Gasteiger partial charge >= 0.3 is 0 Å². The van der Waals surface area contributed by atoms with Gasteiger partial charge in [-0.25, -0.2) is 13.8 Å². The zero-order chi connectivity index (χ0) is 15.0. The number of aromatic nitrogens is 1. The highest BCUT2D eigenvalue weighted by Gasteiger charge is 2.13. The number of halogens is 3. The van der Waals surface area contributed by atoms with Gasteiger partial charge in [0.1, 0.15) is 16.6 Å². The summed E-state index contributed by atoms with van der Waals surface area (Å²) in [7, 11) is 0. The lowest BCUT2D eigenvalue weighted by Crippen LogP contribution is -1.84. The zero-order valence-electron chi connectivity index (χ0n) is 11.0. The molecule has 106 valence electrons. The van der Waals surface area contributed by atoms with E-state index in [-0.39, 0.29) is 0 Å². The Morgan fingerprint density at radius 1 is 1.00 bits per heavy atom. The van der Waals surface area contributed by atoms with Gasteiger partial charge in [0.25, 0.3) is 0 Å². The van der Waals surface area contributed by atoms with Crippen molar-refractivity contribution in [3.63, 3.8) is 0 Å². The number of nitrogens with zero attached hydrogens (tertiary/aromatic N) is 1. The summed E-state index contributed by atoms with van der Waals surface area (Å²) in [5.41, 5.74) is 2.27. The van der Waals surface area contributed by atoms with E-state index in [1.165, 1.54) is 23.5 Å². The molecule has 2 aromatic carbocycles. The number of benzene rings is 2. The Balaban J connectivity index is 2.09. The van der Waals surface area contributed by atoms with Crippen molar-refractivity contribution in [1.29, 1.82) is 0 Å². The summed E-state index contributed by atoms with van der Waals surface area (Å²) in [6, 6.07) is 11.3.